The van der Waals surface area contributed by atoms with Crippen molar-refractivity contribution >= 4 is 32.7 Å². The van der Waals surface area contributed by atoms with Gasteiger partial charge in [-0.1, -0.05) is 13.8 Å². The molecule has 33 heavy (non-hydrogen) atoms. The molecule has 3 aromatic rings. The summed E-state index contributed by atoms with van der Waals surface area (Å²) in [6.45, 7) is 4.33. The molecule has 8 nitrogen and oxygen atoms in total. The van der Waals surface area contributed by atoms with Crippen LogP contribution in [0.1, 0.15) is 51.0 Å². The van der Waals surface area contributed by atoms with Crippen molar-refractivity contribution in [2.24, 2.45) is 5.73 Å². The number of rotatable bonds is 7. The van der Waals surface area contributed by atoms with Crippen LogP contribution < -0.4 is 16.4 Å². The maximum atomic E-state index is 12.4. The molecule has 0 atom stereocenters. The normalized spacial score (nSPS) is 19.4. The molecule has 0 unspecified atom stereocenters. The number of pyridine rings is 1. The van der Waals surface area contributed by atoms with Crippen molar-refractivity contribution in [3.05, 3.63) is 48.2 Å². The minimum Gasteiger partial charge on any atom is -0.382 e. The third kappa shape index (κ3) is 5.00. The molecular formula is C24H34N6O2S. The van der Waals surface area contributed by atoms with Crippen LogP contribution >= 0.6 is 0 Å². The summed E-state index contributed by atoms with van der Waals surface area (Å²) in [4.78, 5) is 0.260. The lowest BCUT2D eigenvalue weighted by Gasteiger charge is -2.28. The lowest BCUT2D eigenvalue weighted by Crippen LogP contribution is -2.32. The standard InChI is InChI=1S/C24H34N6O2S/c1-16(2)22-15-26-30-23(22)13-20(27-18-7-5-17(25)6-8-18)14-24(30)28-19-9-11-21(12-10-19)33(31,32)29(3)4/h9-18,27-28H,5-8,25H2,1-4H3/t17-,18-. The summed E-state index contributed by atoms with van der Waals surface area (Å²) < 4.78 is 27.9. The number of hydrogen-bond acceptors (Lipinski definition) is 6. The monoisotopic (exact) mass is 470 g/mol. The SMILES string of the molecule is CC(C)c1cnn2c(Nc3ccc(S(=O)(=O)N(C)C)cc3)cc(N[C@H]3CC[C@H](N)CC3)cc12. The van der Waals surface area contributed by atoms with Crippen molar-refractivity contribution in [3.8, 4) is 0 Å². The highest BCUT2D eigenvalue weighted by atomic mass is 32.2. The van der Waals surface area contributed by atoms with Gasteiger partial charge in [0.2, 0.25) is 10.0 Å². The first kappa shape index (κ1) is 23.5. The van der Waals surface area contributed by atoms with Gasteiger partial charge in [0, 0.05) is 49.2 Å². The van der Waals surface area contributed by atoms with Gasteiger partial charge in [0.15, 0.2) is 0 Å². The summed E-state index contributed by atoms with van der Waals surface area (Å²) >= 11 is 0. The first-order valence-corrected chi connectivity index (χ1v) is 12.9. The molecule has 0 radical (unpaired) electrons. The Morgan fingerprint density at radius 3 is 2.33 bits per heavy atom. The van der Waals surface area contributed by atoms with Crippen molar-refractivity contribution in [1.82, 2.24) is 13.9 Å². The summed E-state index contributed by atoms with van der Waals surface area (Å²) in [5.41, 5.74) is 10.1. The minimum absolute atomic E-state index is 0.260. The highest BCUT2D eigenvalue weighted by Crippen LogP contribution is 2.30. The van der Waals surface area contributed by atoms with E-state index in [1.807, 2.05) is 10.7 Å². The number of aromatic nitrogens is 2. The predicted molar refractivity (Wildman–Crippen MR) is 134 cm³/mol. The molecule has 4 N–H and O–H groups in total. The van der Waals surface area contributed by atoms with Crippen molar-refractivity contribution in [1.29, 1.82) is 0 Å². The van der Waals surface area contributed by atoms with E-state index >= 15 is 0 Å². The second kappa shape index (κ2) is 9.32. The molecule has 0 spiro atoms. The molecule has 1 aromatic carbocycles. The van der Waals surface area contributed by atoms with Gasteiger partial charge in [-0.05, 0) is 61.9 Å². The Morgan fingerprint density at radius 2 is 1.73 bits per heavy atom. The van der Waals surface area contributed by atoms with Gasteiger partial charge in [-0.3, -0.25) is 0 Å². The van der Waals surface area contributed by atoms with E-state index in [1.54, 1.807) is 24.3 Å². The average Bonchev–Trinajstić information content (AvgIpc) is 3.20. The molecule has 0 saturated heterocycles. The molecule has 1 aliphatic carbocycles. The van der Waals surface area contributed by atoms with Crippen LogP contribution in [0.15, 0.2) is 47.5 Å². The van der Waals surface area contributed by atoms with Crippen molar-refractivity contribution in [2.75, 3.05) is 24.7 Å². The number of nitrogens with zero attached hydrogens (tertiary/aromatic N) is 3. The number of benzene rings is 1. The Bertz CT molecular complexity index is 1210. The van der Waals surface area contributed by atoms with Gasteiger partial charge in [-0.2, -0.15) is 5.10 Å². The first-order chi connectivity index (χ1) is 15.6. The van der Waals surface area contributed by atoms with Crippen LogP contribution in [0.4, 0.5) is 17.2 Å². The molecule has 178 valence electrons. The van der Waals surface area contributed by atoms with Gasteiger partial charge in [0.25, 0.3) is 0 Å². The summed E-state index contributed by atoms with van der Waals surface area (Å²) in [6, 6.07) is 11.7. The fraction of sp³-hybridized carbons (Fsp3) is 0.458. The maximum absolute atomic E-state index is 12.4. The third-order valence-electron chi connectivity index (χ3n) is 6.32. The zero-order valence-corrected chi connectivity index (χ0v) is 20.6. The molecule has 1 aliphatic rings. The second-order valence-electron chi connectivity index (χ2n) is 9.37. The van der Waals surface area contributed by atoms with Crippen LogP contribution in [0.25, 0.3) is 5.52 Å². The Hall–Kier alpha value is -2.62. The van der Waals surface area contributed by atoms with Gasteiger partial charge >= 0.3 is 0 Å². The van der Waals surface area contributed by atoms with E-state index in [1.165, 1.54) is 24.0 Å². The first-order valence-electron chi connectivity index (χ1n) is 11.5. The van der Waals surface area contributed by atoms with Crippen molar-refractivity contribution in [3.63, 3.8) is 0 Å². The minimum atomic E-state index is -3.47. The van der Waals surface area contributed by atoms with Gasteiger partial charge in [0.1, 0.15) is 5.82 Å². The molecular weight excluding hydrogens is 436 g/mol. The lowest BCUT2D eigenvalue weighted by atomic mass is 9.91. The predicted octanol–water partition coefficient (Wildman–Crippen LogP) is 4.13. The van der Waals surface area contributed by atoms with Crippen molar-refractivity contribution < 1.29 is 8.42 Å². The molecule has 4 rings (SSSR count). The van der Waals surface area contributed by atoms with E-state index in [-0.39, 0.29) is 4.90 Å². The second-order valence-corrected chi connectivity index (χ2v) is 11.5. The molecule has 0 amide bonds. The fourth-order valence-corrected chi connectivity index (χ4v) is 5.19. The number of nitrogens with two attached hydrogens (primary N) is 1. The summed E-state index contributed by atoms with van der Waals surface area (Å²) in [7, 11) is -0.408. The van der Waals surface area contributed by atoms with Gasteiger partial charge < -0.3 is 16.4 Å². The number of nitrogens with one attached hydrogen (secondary N) is 2. The van der Waals surface area contributed by atoms with Crippen LogP contribution in [0, 0.1) is 0 Å². The Morgan fingerprint density at radius 1 is 1.06 bits per heavy atom. The van der Waals surface area contributed by atoms with E-state index in [0.717, 1.165) is 48.4 Å². The van der Waals surface area contributed by atoms with Gasteiger partial charge in [-0.25, -0.2) is 17.2 Å². The zero-order valence-electron chi connectivity index (χ0n) is 19.7. The highest BCUT2D eigenvalue weighted by molar-refractivity contribution is 7.89. The van der Waals surface area contributed by atoms with Crippen LogP contribution in [-0.2, 0) is 10.0 Å². The molecule has 1 fully saturated rings. The Kier molecular flexibility index (Phi) is 6.65. The van der Waals surface area contributed by atoms with Gasteiger partial charge in [-0.15, -0.1) is 0 Å². The van der Waals surface area contributed by atoms with Crippen molar-refractivity contribution in [2.45, 2.75) is 62.4 Å². The maximum Gasteiger partial charge on any atom is 0.242 e. The molecule has 0 bridgehead atoms. The average molecular weight is 471 g/mol. The van der Waals surface area contributed by atoms with E-state index in [2.05, 4.69) is 41.7 Å². The highest BCUT2D eigenvalue weighted by Gasteiger charge is 2.20. The summed E-state index contributed by atoms with van der Waals surface area (Å²) in [5, 5.41) is 11.7. The Labute approximate surface area is 196 Å². The lowest BCUT2D eigenvalue weighted by molar-refractivity contribution is 0.411. The zero-order chi connectivity index (χ0) is 23.8. The van der Waals surface area contributed by atoms with Crippen LogP contribution in [0.3, 0.4) is 0 Å². The molecule has 9 heteroatoms. The fourth-order valence-electron chi connectivity index (χ4n) is 4.29. The topological polar surface area (TPSA) is 105 Å². The number of fused-ring (bicyclic) bond motifs is 1. The molecule has 1 saturated carbocycles. The summed E-state index contributed by atoms with van der Waals surface area (Å²) in [5.74, 6) is 1.16. The number of hydrogen-bond donors (Lipinski definition) is 3. The van der Waals surface area contributed by atoms with Crippen LogP contribution in [0.5, 0.6) is 0 Å². The molecule has 2 heterocycles. The number of sulfonamides is 1. The molecule has 2 aromatic heterocycles. The van der Waals surface area contributed by atoms with Crippen LogP contribution in [0.2, 0.25) is 0 Å². The van der Waals surface area contributed by atoms with Crippen LogP contribution in [-0.4, -0.2) is 48.5 Å². The molecule has 0 aliphatic heterocycles. The smallest absolute Gasteiger partial charge is 0.242 e. The van der Waals surface area contributed by atoms with E-state index < -0.39 is 10.0 Å². The van der Waals surface area contributed by atoms with E-state index in [0.29, 0.717) is 18.0 Å². The van der Waals surface area contributed by atoms with E-state index in [9.17, 15) is 8.42 Å². The quantitative estimate of drug-likeness (QED) is 0.479. The summed E-state index contributed by atoms with van der Waals surface area (Å²) in [6.07, 6.45) is 6.12. The third-order valence-corrected chi connectivity index (χ3v) is 8.15. The largest absolute Gasteiger partial charge is 0.382 e. The Balaban J connectivity index is 1.66. The number of anilines is 3. The van der Waals surface area contributed by atoms with Gasteiger partial charge in [0.05, 0.1) is 16.6 Å². The van der Waals surface area contributed by atoms with E-state index in [4.69, 9.17) is 5.73 Å².